The van der Waals surface area contributed by atoms with Gasteiger partial charge in [0.15, 0.2) is 5.82 Å². The van der Waals surface area contributed by atoms with Crippen molar-refractivity contribution >= 4 is 50.0 Å². The Balaban J connectivity index is 1.66. The Bertz CT molecular complexity index is 1220. The normalized spacial score (nSPS) is 19.0. The van der Waals surface area contributed by atoms with E-state index in [1.807, 2.05) is 47.5 Å². The highest BCUT2D eigenvalue weighted by Crippen LogP contribution is 2.38. The van der Waals surface area contributed by atoms with Gasteiger partial charge in [0.2, 0.25) is 0 Å². The molecule has 5 rings (SSSR count). The van der Waals surface area contributed by atoms with Crippen molar-refractivity contribution in [3.8, 4) is 11.5 Å². The van der Waals surface area contributed by atoms with Crippen molar-refractivity contribution in [2.75, 3.05) is 6.66 Å². The molecule has 30 heavy (non-hydrogen) atoms. The van der Waals surface area contributed by atoms with Crippen LogP contribution in [0.5, 0.6) is 0 Å². The highest BCUT2D eigenvalue weighted by Gasteiger charge is 2.51. The Morgan fingerprint density at radius 2 is 1.77 bits per heavy atom. The van der Waals surface area contributed by atoms with E-state index in [1.54, 1.807) is 0 Å². The average molecular weight is 416 g/mol. The van der Waals surface area contributed by atoms with Gasteiger partial charge in [-0.15, -0.1) is 0 Å². The topological polar surface area (TPSA) is 65.0 Å². The lowest BCUT2D eigenvalue weighted by Gasteiger charge is -2.32. The highest BCUT2D eigenvalue weighted by atomic mass is 31.1. The van der Waals surface area contributed by atoms with E-state index in [1.165, 1.54) is 0 Å². The van der Waals surface area contributed by atoms with E-state index >= 15 is 0 Å². The van der Waals surface area contributed by atoms with Gasteiger partial charge in [0.25, 0.3) is 0 Å². The second kappa shape index (κ2) is 6.68. The Morgan fingerprint density at radius 1 is 1.07 bits per heavy atom. The molecule has 0 saturated carbocycles. The molecule has 0 spiro atoms. The molecular formula is C21H23B2N4O2P. The van der Waals surface area contributed by atoms with E-state index in [2.05, 4.69) is 38.7 Å². The maximum Gasteiger partial charge on any atom is 0.494 e. The first-order chi connectivity index (χ1) is 14.2. The summed E-state index contributed by atoms with van der Waals surface area (Å²) in [6, 6.07) is 14.1. The van der Waals surface area contributed by atoms with Crippen LogP contribution in [0.3, 0.4) is 0 Å². The summed E-state index contributed by atoms with van der Waals surface area (Å²) in [5.41, 5.74) is 3.80. The van der Waals surface area contributed by atoms with Gasteiger partial charge in [-0.1, -0.05) is 24.3 Å². The Labute approximate surface area is 178 Å². The smallest absolute Gasteiger partial charge is 0.399 e. The van der Waals surface area contributed by atoms with Crippen molar-refractivity contribution in [1.29, 1.82) is 0 Å². The van der Waals surface area contributed by atoms with Crippen LogP contribution >= 0.6 is 7.95 Å². The fraction of sp³-hybridized carbons (Fsp3) is 0.333. The molecule has 0 aliphatic carbocycles. The lowest BCUT2D eigenvalue weighted by Crippen LogP contribution is -2.41. The third-order valence-corrected chi connectivity index (χ3v) is 7.03. The minimum absolute atomic E-state index is 0.395. The summed E-state index contributed by atoms with van der Waals surface area (Å²) in [6.07, 6.45) is 0. The first-order valence-corrected chi connectivity index (χ1v) is 11.8. The summed E-state index contributed by atoms with van der Waals surface area (Å²) < 4.78 is 14.4. The third-order valence-electron chi connectivity index (χ3n) is 6.12. The molecule has 1 atom stereocenters. The minimum Gasteiger partial charge on any atom is -0.399 e. The molecular weight excluding hydrogens is 393 g/mol. The van der Waals surface area contributed by atoms with Gasteiger partial charge >= 0.3 is 7.12 Å². The minimum atomic E-state index is -0.938. The Morgan fingerprint density at radius 3 is 2.43 bits per heavy atom. The zero-order valence-electron chi connectivity index (χ0n) is 17.8. The number of rotatable bonds is 3. The van der Waals surface area contributed by atoms with Gasteiger partial charge in [0.05, 0.1) is 27.8 Å². The lowest BCUT2D eigenvalue weighted by molar-refractivity contribution is 0.00578. The van der Waals surface area contributed by atoms with Crippen molar-refractivity contribution in [3.05, 3.63) is 42.5 Å². The van der Waals surface area contributed by atoms with Crippen molar-refractivity contribution in [2.24, 2.45) is 0 Å². The van der Waals surface area contributed by atoms with Gasteiger partial charge in [-0.05, 0) is 66.0 Å². The van der Waals surface area contributed by atoms with E-state index in [-0.39, 0.29) is 0 Å². The van der Waals surface area contributed by atoms with E-state index in [0.717, 1.165) is 38.9 Å². The number of imidazole rings is 1. The van der Waals surface area contributed by atoms with Crippen molar-refractivity contribution in [1.82, 2.24) is 19.5 Å². The molecule has 1 N–H and O–H groups in total. The van der Waals surface area contributed by atoms with Crippen molar-refractivity contribution in [2.45, 2.75) is 38.9 Å². The first-order valence-electron chi connectivity index (χ1n) is 9.98. The molecule has 2 aromatic heterocycles. The quantitative estimate of drug-likeness (QED) is 0.408. The van der Waals surface area contributed by atoms with Crippen LogP contribution in [0.2, 0.25) is 0 Å². The van der Waals surface area contributed by atoms with Crippen LogP contribution in [0.25, 0.3) is 33.5 Å². The molecule has 1 saturated heterocycles. The second-order valence-electron chi connectivity index (χ2n) is 8.78. The van der Waals surface area contributed by atoms with Crippen LogP contribution in [-0.2, 0) is 9.31 Å². The van der Waals surface area contributed by atoms with Gasteiger partial charge < -0.3 is 14.3 Å². The number of nitrogens with one attached hydrogen (secondary N) is 1. The average Bonchev–Trinajstić information content (AvgIpc) is 3.33. The van der Waals surface area contributed by atoms with E-state index < -0.39 is 26.3 Å². The molecule has 2 aromatic carbocycles. The van der Waals surface area contributed by atoms with Crippen LogP contribution in [0.4, 0.5) is 0 Å². The number of fused-ring (bicyclic) bond motifs is 2. The van der Waals surface area contributed by atoms with Crippen LogP contribution in [0.15, 0.2) is 42.5 Å². The second-order valence-corrected chi connectivity index (χ2v) is 10.3. The van der Waals surface area contributed by atoms with Crippen LogP contribution in [0, 0.1) is 0 Å². The number of benzene rings is 2. The number of para-hydroxylation sites is 2. The van der Waals surface area contributed by atoms with E-state index in [9.17, 15) is 0 Å². The predicted molar refractivity (Wildman–Crippen MR) is 125 cm³/mol. The van der Waals surface area contributed by atoms with Gasteiger partial charge in [-0.3, -0.25) is 4.45 Å². The van der Waals surface area contributed by atoms with Crippen LogP contribution < -0.4 is 5.46 Å². The Kier molecular flexibility index (Phi) is 4.41. The summed E-state index contributed by atoms with van der Waals surface area (Å²) in [6.45, 7) is 10.2. The zero-order chi connectivity index (χ0) is 21.3. The number of aromatic amines is 1. The number of nitrogens with zero attached hydrogens (tertiary/aromatic N) is 3. The summed E-state index contributed by atoms with van der Waals surface area (Å²) in [5, 5.41) is 5.80. The van der Waals surface area contributed by atoms with Crippen molar-refractivity contribution in [3.63, 3.8) is 0 Å². The summed E-state index contributed by atoms with van der Waals surface area (Å²) in [7, 11) is 4.89. The monoisotopic (exact) mass is 416 g/mol. The number of hydrogen-bond donors (Lipinski definition) is 1. The summed E-state index contributed by atoms with van der Waals surface area (Å²) in [4.78, 5) is 8.14. The maximum atomic E-state index is 6.26. The number of hydrogen-bond acceptors (Lipinski definition) is 4. The molecule has 1 unspecified atom stereocenters. The van der Waals surface area contributed by atoms with Gasteiger partial charge in [-0.2, -0.15) is 5.10 Å². The van der Waals surface area contributed by atoms with Gasteiger partial charge in [0, 0.05) is 5.39 Å². The highest BCUT2D eigenvalue weighted by molar-refractivity contribution is 7.80. The predicted octanol–water partition coefficient (Wildman–Crippen LogP) is 3.84. The molecule has 9 heteroatoms. The first kappa shape index (κ1) is 19.8. The van der Waals surface area contributed by atoms with Crippen LogP contribution in [0.1, 0.15) is 27.7 Å². The molecule has 6 nitrogen and oxygen atoms in total. The molecule has 3 heterocycles. The van der Waals surface area contributed by atoms with E-state index in [4.69, 9.17) is 27.0 Å². The lowest BCUT2D eigenvalue weighted by atomic mass is 9.78. The largest absolute Gasteiger partial charge is 0.494 e. The molecule has 150 valence electrons. The summed E-state index contributed by atoms with van der Waals surface area (Å²) in [5.74, 6) is 0.725. The molecule has 1 aliphatic heterocycles. The number of H-pyrrole nitrogens is 1. The standard InChI is InChI=1S/C21H23B2N4O2P/c1-20(2)21(3,4)29-23(28-20)13-10-11-17-14(12-13)18(26-27(17)30(5)22)19-24-15-8-6-7-9-16(15)25-19/h6-12H,1-5H3,(H,24,25). The van der Waals surface area contributed by atoms with Gasteiger partial charge in [-0.25, -0.2) is 4.98 Å². The third kappa shape index (κ3) is 3.01. The zero-order valence-corrected chi connectivity index (χ0v) is 18.7. The van der Waals surface area contributed by atoms with E-state index in [0.29, 0.717) is 0 Å². The number of aromatic nitrogens is 4. The van der Waals surface area contributed by atoms with Crippen molar-refractivity contribution < 1.29 is 9.31 Å². The van der Waals surface area contributed by atoms with Crippen LogP contribution in [-0.4, -0.2) is 52.1 Å². The Hall–Kier alpha value is -2.14. The maximum absolute atomic E-state index is 6.26. The fourth-order valence-electron chi connectivity index (χ4n) is 3.73. The molecule has 1 aliphatic rings. The van der Waals surface area contributed by atoms with Gasteiger partial charge in [0.1, 0.15) is 13.3 Å². The molecule has 1 fully saturated rings. The SMILES string of the molecule is [B]P(C)n1nc(-c2nc3ccccc3[nH]2)c2cc(B3OC(C)(C)C(C)(C)O3)ccc21. The molecule has 2 radical (unpaired) electrons. The fourth-order valence-corrected chi connectivity index (χ4v) is 4.47. The molecule has 0 bridgehead atoms. The summed E-state index contributed by atoms with van der Waals surface area (Å²) >= 11 is 0. The molecule has 4 aromatic rings. The molecule has 0 amide bonds.